The molecule has 0 unspecified atom stereocenters. The lowest BCUT2D eigenvalue weighted by Crippen LogP contribution is -2.39. The monoisotopic (exact) mass is 170 g/mol. The second kappa shape index (κ2) is 4.24. The van der Waals surface area contributed by atoms with Gasteiger partial charge in [0.25, 0.3) is 0 Å². The minimum atomic E-state index is 0.266. The first kappa shape index (κ1) is 10.0. The first-order valence-electron chi connectivity index (χ1n) is 5.07. The van der Waals surface area contributed by atoms with Crippen molar-refractivity contribution in [1.29, 1.82) is 0 Å². The van der Waals surface area contributed by atoms with Crippen molar-refractivity contribution in [3.05, 3.63) is 0 Å². The Kier molecular flexibility index (Phi) is 3.53. The molecule has 1 aliphatic rings. The summed E-state index contributed by atoms with van der Waals surface area (Å²) in [7, 11) is 0. The molecule has 0 aromatic carbocycles. The molecular weight excluding hydrogens is 148 g/mol. The molecule has 3 N–H and O–H groups in total. The van der Waals surface area contributed by atoms with Gasteiger partial charge in [0.05, 0.1) is 0 Å². The average molecular weight is 170 g/mol. The van der Waals surface area contributed by atoms with Crippen LogP contribution in [0.3, 0.4) is 0 Å². The Morgan fingerprint density at radius 2 is 1.92 bits per heavy atom. The van der Waals surface area contributed by atoms with Crippen LogP contribution in [0.1, 0.15) is 39.5 Å². The van der Waals surface area contributed by atoms with E-state index in [1.807, 2.05) is 0 Å². The van der Waals surface area contributed by atoms with E-state index in [0.717, 1.165) is 19.1 Å². The fourth-order valence-corrected chi connectivity index (χ4v) is 1.62. The van der Waals surface area contributed by atoms with Gasteiger partial charge in [-0.05, 0) is 24.8 Å². The highest BCUT2D eigenvalue weighted by Gasteiger charge is 2.19. The number of nitrogens with one attached hydrogen (secondary N) is 1. The van der Waals surface area contributed by atoms with Gasteiger partial charge in [-0.25, -0.2) is 0 Å². The smallest absolute Gasteiger partial charge is 0.00673 e. The van der Waals surface area contributed by atoms with Gasteiger partial charge >= 0.3 is 0 Å². The van der Waals surface area contributed by atoms with Crippen molar-refractivity contribution in [2.75, 3.05) is 13.1 Å². The van der Waals surface area contributed by atoms with Crippen LogP contribution < -0.4 is 11.1 Å². The maximum Gasteiger partial charge on any atom is 0.00673 e. The Hall–Kier alpha value is -0.0800. The fraction of sp³-hybridized carbons (Fsp3) is 1.00. The Labute approximate surface area is 75.9 Å². The zero-order chi connectivity index (χ0) is 9.03. The van der Waals surface area contributed by atoms with Crippen LogP contribution in [0.5, 0.6) is 0 Å². The molecule has 0 amide bonds. The topological polar surface area (TPSA) is 38.0 Å². The summed E-state index contributed by atoms with van der Waals surface area (Å²) >= 11 is 0. The van der Waals surface area contributed by atoms with E-state index in [1.54, 1.807) is 0 Å². The molecule has 0 saturated heterocycles. The van der Waals surface area contributed by atoms with Gasteiger partial charge in [-0.1, -0.05) is 26.7 Å². The van der Waals surface area contributed by atoms with Crippen LogP contribution in [0.25, 0.3) is 0 Å². The summed E-state index contributed by atoms with van der Waals surface area (Å²) < 4.78 is 0. The van der Waals surface area contributed by atoms with E-state index in [4.69, 9.17) is 5.73 Å². The van der Waals surface area contributed by atoms with Crippen molar-refractivity contribution in [2.24, 2.45) is 11.1 Å². The molecule has 2 heteroatoms. The predicted octanol–water partition coefficient (Wildman–Crippen LogP) is 1.50. The highest BCUT2D eigenvalue weighted by Crippen LogP contribution is 2.19. The third-order valence-corrected chi connectivity index (χ3v) is 2.78. The lowest BCUT2D eigenvalue weighted by atomic mass is 9.93. The lowest BCUT2D eigenvalue weighted by Gasteiger charge is -2.25. The molecule has 0 aliphatic heterocycles. The zero-order valence-electron chi connectivity index (χ0n) is 8.40. The number of hydrogen-bond acceptors (Lipinski definition) is 2. The maximum atomic E-state index is 5.65. The van der Waals surface area contributed by atoms with Crippen LogP contribution in [-0.4, -0.2) is 19.1 Å². The summed E-state index contributed by atoms with van der Waals surface area (Å²) in [4.78, 5) is 0. The van der Waals surface area contributed by atoms with Gasteiger partial charge in [-0.3, -0.25) is 0 Å². The predicted molar refractivity (Wildman–Crippen MR) is 53.1 cm³/mol. The minimum Gasteiger partial charge on any atom is -0.330 e. The molecule has 12 heavy (non-hydrogen) atoms. The van der Waals surface area contributed by atoms with Gasteiger partial charge in [0, 0.05) is 12.6 Å². The van der Waals surface area contributed by atoms with E-state index in [9.17, 15) is 0 Å². The number of nitrogens with two attached hydrogens (primary N) is 1. The average Bonchev–Trinajstić information content (AvgIpc) is 2.53. The Morgan fingerprint density at radius 1 is 1.33 bits per heavy atom. The van der Waals surface area contributed by atoms with E-state index < -0.39 is 0 Å². The van der Waals surface area contributed by atoms with Crippen molar-refractivity contribution < 1.29 is 0 Å². The fourth-order valence-electron chi connectivity index (χ4n) is 1.62. The second-order valence-electron chi connectivity index (χ2n) is 4.73. The number of rotatable bonds is 4. The zero-order valence-corrected chi connectivity index (χ0v) is 8.40. The minimum absolute atomic E-state index is 0.266. The summed E-state index contributed by atoms with van der Waals surface area (Å²) in [6, 6.07) is 0.774. The van der Waals surface area contributed by atoms with Gasteiger partial charge in [-0.15, -0.1) is 0 Å². The summed E-state index contributed by atoms with van der Waals surface area (Å²) in [5.74, 6) is 0. The maximum absolute atomic E-state index is 5.65. The van der Waals surface area contributed by atoms with Crippen molar-refractivity contribution >= 4 is 0 Å². The molecule has 1 fully saturated rings. The third kappa shape index (κ3) is 3.11. The van der Waals surface area contributed by atoms with E-state index in [0.29, 0.717) is 0 Å². The molecule has 72 valence electrons. The molecule has 1 saturated carbocycles. The second-order valence-corrected chi connectivity index (χ2v) is 4.73. The van der Waals surface area contributed by atoms with Gasteiger partial charge in [-0.2, -0.15) is 0 Å². The van der Waals surface area contributed by atoms with Crippen LogP contribution in [-0.2, 0) is 0 Å². The molecule has 0 heterocycles. The molecule has 0 bridgehead atoms. The van der Waals surface area contributed by atoms with Crippen molar-refractivity contribution in [3.63, 3.8) is 0 Å². The highest BCUT2D eigenvalue weighted by molar-refractivity contribution is 4.78. The molecule has 0 aromatic heterocycles. The molecule has 1 aliphatic carbocycles. The largest absolute Gasteiger partial charge is 0.330 e. The molecular formula is C10H22N2. The van der Waals surface area contributed by atoms with Gasteiger partial charge in [0.1, 0.15) is 0 Å². The molecule has 2 nitrogen and oxygen atoms in total. The number of hydrogen-bond donors (Lipinski definition) is 2. The van der Waals surface area contributed by atoms with Gasteiger partial charge in [0.15, 0.2) is 0 Å². The van der Waals surface area contributed by atoms with E-state index in [1.165, 1.54) is 25.7 Å². The Morgan fingerprint density at radius 3 is 2.42 bits per heavy atom. The third-order valence-electron chi connectivity index (χ3n) is 2.78. The summed E-state index contributed by atoms with van der Waals surface area (Å²) in [6.45, 7) is 6.27. The Balaban J connectivity index is 2.15. The molecule has 0 aromatic rings. The van der Waals surface area contributed by atoms with Gasteiger partial charge in [0.2, 0.25) is 0 Å². The molecule has 0 spiro atoms. The molecule has 0 atom stereocenters. The van der Waals surface area contributed by atoms with Crippen molar-refractivity contribution in [1.82, 2.24) is 5.32 Å². The van der Waals surface area contributed by atoms with Gasteiger partial charge < -0.3 is 11.1 Å². The van der Waals surface area contributed by atoms with Crippen LogP contribution >= 0.6 is 0 Å². The van der Waals surface area contributed by atoms with Crippen LogP contribution in [0.15, 0.2) is 0 Å². The van der Waals surface area contributed by atoms with E-state index >= 15 is 0 Å². The normalized spacial score (nSPS) is 20.2. The standard InChI is InChI=1S/C10H22N2/c1-10(2,7-11)8-12-9-5-3-4-6-9/h9,12H,3-8,11H2,1-2H3. The summed E-state index contributed by atoms with van der Waals surface area (Å²) in [5.41, 5.74) is 5.92. The van der Waals surface area contributed by atoms with Crippen LogP contribution in [0.2, 0.25) is 0 Å². The quantitative estimate of drug-likeness (QED) is 0.671. The van der Waals surface area contributed by atoms with Crippen LogP contribution in [0, 0.1) is 5.41 Å². The lowest BCUT2D eigenvalue weighted by molar-refractivity contribution is 0.329. The molecule has 0 radical (unpaired) electrons. The summed E-state index contributed by atoms with van der Waals surface area (Å²) in [6.07, 6.45) is 5.53. The first-order valence-corrected chi connectivity index (χ1v) is 5.07. The van der Waals surface area contributed by atoms with Crippen molar-refractivity contribution in [3.8, 4) is 0 Å². The first-order chi connectivity index (χ1) is 5.64. The SMILES string of the molecule is CC(C)(CN)CNC1CCCC1. The summed E-state index contributed by atoms with van der Waals surface area (Å²) in [5, 5.41) is 3.59. The molecule has 1 rings (SSSR count). The van der Waals surface area contributed by atoms with E-state index in [2.05, 4.69) is 19.2 Å². The van der Waals surface area contributed by atoms with E-state index in [-0.39, 0.29) is 5.41 Å². The van der Waals surface area contributed by atoms with Crippen molar-refractivity contribution in [2.45, 2.75) is 45.6 Å². The van der Waals surface area contributed by atoms with Crippen LogP contribution in [0.4, 0.5) is 0 Å². The Bertz CT molecular complexity index is 126. The highest BCUT2D eigenvalue weighted by atomic mass is 14.9.